The fraction of sp³-hybridized carbons (Fsp3) is 0.381. The molecule has 136 valence electrons. The van der Waals surface area contributed by atoms with Crippen LogP contribution in [0.2, 0.25) is 0 Å². The van der Waals surface area contributed by atoms with Crippen LogP contribution in [0.3, 0.4) is 0 Å². The van der Waals surface area contributed by atoms with Crippen LogP contribution in [0.5, 0.6) is 0 Å². The summed E-state index contributed by atoms with van der Waals surface area (Å²) >= 11 is 0. The molecule has 1 aliphatic rings. The Morgan fingerprint density at radius 1 is 1.12 bits per heavy atom. The van der Waals surface area contributed by atoms with Gasteiger partial charge in [-0.1, -0.05) is 36.4 Å². The summed E-state index contributed by atoms with van der Waals surface area (Å²) in [6.07, 6.45) is 6.24. The summed E-state index contributed by atoms with van der Waals surface area (Å²) in [6.45, 7) is 1.78. The maximum atomic E-state index is 12.5. The number of likely N-dealkylation sites (tertiary alicyclic amines) is 1. The molecular weight excluding hydrogens is 326 g/mol. The second-order valence-electron chi connectivity index (χ2n) is 6.71. The van der Waals surface area contributed by atoms with Crippen LogP contribution in [-0.4, -0.2) is 41.3 Å². The Labute approximate surface area is 154 Å². The Bertz CT molecular complexity index is 719. The van der Waals surface area contributed by atoms with Gasteiger partial charge in [-0.3, -0.25) is 14.6 Å². The molecule has 0 radical (unpaired) electrons. The Morgan fingerprint density at radius 2 is 1.92 bits per heavy atom. The smallest absolute Gasteiger partial charge is 0.224 e. The van der Waals surface area contributed by atoms with Gasteiger partial charge in [0.15, 0.2) is 0 Å². The molecule has 0 saturated carbocycles. The molecule has 5 heteroatoms. The first-order valence-corrected chi connectivity index (χ1v) is 9.20. The number of nitrogens with one attached hydrogen (secondary N) is 1. The van der Waals surface area contributed by atoms with Crippen LogP contribution in [0.15, 0.2) is 54.9 Å². The van der Waals surface area contributed by atoms with Crippen LogP contribution in [-0.2, 0) is 22.4 Å². The zero-order chi connectivity index (χ0) is 18.2. The molecule has 1 saturated heterocycles. The Hall–Kier alpha value is -2.69. The third-order valence-electron chi connectivity index (χ3n) is 4.82. The molecule has 1 aromatic carbocycles. The fourth-order valence-corrected chi connectivity index (χ4v) is 3.27. The second kappa shape index (κ2) is 9.13. The predicted octanol–water partition coefficient (Wildman–Crippen LogP) is 2.22. The molecule has 0 aliphatic carbocycles. The first-order chi connectivity index (χ1) is 12.7. The average Bonchev–Trinajstić information content (AvgIpc) is 2.69. The van der Waals surface area contributed by atoms with Crippen molar-refractivity contribution in [3.8, 4) is 0 Å². The lowest BCUT2D eigenvalue weighted by Gasteiger charge is -2.32. The van der Waals surface area contributed by atoms with Crippen LogP contribution in [0.4, 0.5) is 0 Å². The highest BCUT2D eigenvalue weighted by Gasteiger charge is 2.29. The molecule has 0 unspecified atom stereocenters. The molecule has 1 fully saturated rings. The van der Waals surface area contributed by atoms with Crippen molar-refractivity contribution in [2.45, 2.75) is 25.7 Å². The van der Waals surface area contributed by atoms with Gasteiger partial charge in [-0.25, -0.2) is 0 Å². The minimum Gasteiger partial charge on any atom is -0.355 e. The second-order valence-corrected chi connectivity index (χ2v) is 6.71. The molecule has 1 N–H and O–H groups in total. The number of pyridine rings is 1. The van der Waals surface area contributed by atoms with Crippen molar-refractivity contribution in [2.24, 2.45) is 5.92 Å². The summed E-state index contributed by atoms with van der Waals surface area (Å²) in [4.78, 5) is 30.5. The molecule has 26 heavy (non-hydrogen) atoms. The Balaban J connectivity index is 1.45. The summed E-state index contributed by atoms with van der Waals surface area (Å²) < 4.78 is 0. The number of nitrogens with zero attached hydrogens (tertiary/aromatic N) is 2. The van der Waals surface area contributed by atoms with Crippen molar-refractivity contribution < 1.29 is 9.59 Å². The van der Waals surface area contributed by atoms with E-state index in [-0.39, 0.29) is 17.7 Å². The largest absolute Gasteiger partial charge is 0.355 e. The number of aromatic nitrogens is 1. The van der Waals surface area contributed by atoms with Gasteiger partial charge in [0.1, 0.15) is 0 Å². The molecule has 1 aromatic heterocycles. The maximum absolute atomic E-state index is 12.5. The lowest BCUT2D eigenvalue weighted by atomic mass is 9.96. The molecule has 0 bridgehead atoms. The van der Waals surface area contributed by atoms with Gasteiger partial charge in [0, 0.05) is 38.4 Å². The van der Waals surface area contributed by atoms with Gasteiger partial charge in [-0.15, -0.1) is 0 Å². The quantitative estimate of drug-likeness (QED) is 0.832. The first kappa shape index (κ1) is 18.1. The van der Waals surface area contributed by atoms with Gasteiger partial charge in [0.25, 0.3) is 0 Å². The highest BCUT2D eigenvalue weighted by molar-refractivity contribution is 5.83. The topological polar surface area (TPSA) is 62.3 Å². The van der Waals surface area contributed by atoms with Gasteiger partial charge in [-0.05, 0) is 36.5 Å². The number of benzene rings is 1. The van der Waals surface area contributed by atoms with Crippen molar-refractivity contribution in [1.82, 2.24) is 15.2 Å². The highest BCUT2D eigenvalue weighted by Crippen LogP contribution is 2.18. The third-order valence-corrected chi connectivity index (χ3v) is 4.82. The molecular formula is C21H25N3O2. The van der Waals surface area contributed by atoms with E-state index in [9.17, 15) is 9.59 Å². The predicted molar refractivity (Wildman–Crippen MR) is 100 cm³/mol. The highest BCUT2D eigenvalue weighted by atomic mass is 16.2. The first-order valence-electron chi connectivity index (χ1n) is 9.20. The molecule has 2 heterocycles. The monoisotopic (exact) mass is 351 g/mol. The average molecular weight is 351 g/mol. The number of hydrogen-bond donors (Lipinski definition) is 1. The van der Waals surface area contributed by atoms with E-state index in [1.165, 1.54) is 5.56 Å². The van der Waals surface area contributed by atoms with Crippen molar-refractivity contribution in [3.05, 3.63) is 66.0 Å². The SMILES string of the molecule is O=C(NCCc1cccnc1)[C@@H]1CCC(=O)N(CCc2ccccc2)C1. The van der Waals surface area contributed by atoms with Gasteiger partial charge in [0.2, 0.25) is 11.8 Å². The van der Waals surface area contributed by atoms with Gasteiger partial charge in [0.05, 0.1) is 5.92 Å². The van der Waals surface area contributed by atoms with Crippen LogP contribution in [0.25, 0.3) is 0 Å². The molecule has 2 amide bonds. The van der Waals surface area contributed by atoms with Gasteiger partial charge >= 0.3 is 0 Å². The van der Waals surface area contributed by atoms with Gasteiger partial charge in [-0.2, -0.15) is 0 Å². The number of carbonyl (C=O) groups excluding carboxylic acids is 2. The Kier molecular flexibility index (Phi) is 6.36. The zero-order valence-corrected chi connectivity index (χ0v) is 14.9. The van der Waals surface area contributed by atoms with Crippen LogP contribution < -0.4 is 5.32 Å². The lowest BCUT2D eigenvalue weighted by Crippen LogP contribution is -2.46. The number of piperidine rings is 1. The van der Waals surface area contributed by atoms with Gasteiger partial charge < -0.3 is 10.2 Å². The fourth-order valence-electron chi connectivity index (χ4n) is 3.27. The van der Waals surface area contributed by atoms with Crippen LogP contribution in [0.1, 0.15) is 24.0 Å². The van der Waals surface area contributed by atoms with E-state index >= 15 is 0 Å². The number of amides is 2. The van der Waals surface area contributed by atoms with E-state index in [0.29, 0.717) is 32.5 Å². The molecule has 5 nitrogen and oxygen atoms in total. The number of hydrogen-bond acceptors (Lipinski definition) is 3. The molecule has 3 rings (SSSR count). The van der Waals surface area contributed by atoms with Crippen molar-refractivity contribution >= 4 is 11.8 Å². The van der Waals surface area contributed by atoms with Crippen LogP contribution >= 0.6 is 0 Å². The minimum absolute atomic E-state index is 0.0473. The van der Waals surface area contributed by atoms with E-state index in [1.54, 1.807) is 6.20 Å². The molecule has 0 spiro atoms. The molecule has 1 aliphatic heterocycles. The Morgan fingerprint density at radius 3 is 2.69 bits per heavy atom. The van der Waals surface area contributed by atoms with E-state index < -0.39 is 0 Å². The number of carbonyl (C=O) groups is 2. The lowest BCUT2D eigenvalue weighted by molar-refractivity contribution is -0.138. The summed E-state index contributed by atoms with van der Waals surface area (Å²) in [5.74, 6) is 0.0869. The molecule has 1 atom stereocenters. The maximum Gasteiger partial charge on any atom is 0.224 e. The van der Waals surface area contributed by atoms with E-state index in [1.807, 2.05) is 41.4 Å². The van der Waals surface area contributed by atoms with Crippen molar-refractivity contribution in [3.63, 3.8) is 0 Å². The third kappa shape index (κ3) is 5.15. The van der Waals surface area contributed by atoms with E-state index in [4.69, 9.17) is 0 Å². The summed E-state index contributed by atoms with van der Waals surface area (Å²) in [5, 5.41) is 3.01. The summed E-state index contributed by atoms with van der Waals surface area (Å²) in [5.41, 5.74) is 2.32. The summed E-state index contributed by atoms with van der Waals surface area (Å²) in [7, 11) is 0. The van der Waals surface area contributed by atoms with Crippen molar-refractivity contribution in [1.29, 1.82) is 0 Å². The van der Waals surface area contributed by atoms with E-state index in [2.05, 4.69) is 22.4 Å². The van der Waals surface area contributed by atoms with Crippen LogP contribution in [0, 0.1) is 5.92 Å². The van der Waals surface area contributed by atoms with E-state index in [0.717, 1.165) is 18.4 Å². The normalized spacial score (nSPS) is 17.2. The zero-order valence-electron chi connectivity index (χ0n) is 14.9. The molecule has 2 aromatic rings. The summed E-state index contributed by atoms with van der Waals surface area (Å²) in [6, 6.07) is 14.0. The van der Waals surface area contributed by atoms with Crippen molar-refractivity contribution in [2.75, 3.05) is 19.6 Å². The number of rotatable bonds is 7. The standard InChI is InChI=1S/C21H25N3O2/c25-20-9-8-19(16-24(20)14-11-17-5-2-1-3-6-17)21(26)23-13-10-18-7-4-12-22-15-18/h1-7,12,15,19H,8-11,13-14,16H2,(H,23,26)/t19-/m1/s1. The minimum atomic E-state index is -0.114.